The highest BCUT2D eigenvalue weighted by molar-refractivity contribution is 4.82. The summed E-state index contributed by atoms with van der Waals surface area (Å²) >= 11 is 0. The van der Waals surface area contributed by atoms with Gasteiger partial charge in [-0.1, -0.05) is 0 Å². The molecule has 5 nitrogen and oxygen atoms in total. The summed E-state index contributed by atoms with van der Waals surface area (Å²) in [4.78, 5) is 4.76. The van der Waals surface area contributed by atoms with E-state index in [-0.39, 0.29) is 6.10 Å². The zero-order valence-corrected chi connectivity index (χ0v) is 14.1. The molecule has 22 heavy (non-hydrogen) atoms. The zero-order chi connectivity index (χ0) is 15.5. The van der Waals surface area contributed by atoms with E-state index < -0.39 is 0 Å². The summed E-state index contributed by atoms with van der Waals surface area (Å²) in [6.45, 7) is 9.82. The van der Waals surface area contributed by atoms with Gasteiger partial charge in [0.05, 0.1) is 30.5 Å². The van der Waals surface area contributed by atoms with E-state index in [9.17, 15) is 5.11 Å². The molecule has 3 aliphatic heterocycles. The summed E-state index contributed by atoms with van der Waals surface area (Å²) in [5.41, 5.74) is 0. The van der Waals surface area contributed by atoms with Crippen LogP contribution in [0.4, 0.5) is 0 Å². The van der Waals surface area contributed by atoms with E-state index in [1.54, 1.807) is 0 Å². The van der Waals surface area contributed by atoms with Gasteiger partial charge in [-0.3, -0.25) is 9.80 Å². The van der Waals surface area contributed by atoms with Crippen molar-refractivity contribution in [3.8, 4) is 0 Å². The molecule has 3 heterocycles. The molecule has 1 N–H and O–H groups in total. The Morgan fingerprint density at radius 2 is 1.27 bits per heavy atom. The molecular weight excluding hydrogens is 280 g/mol. The van der Waals surface area contributed by atoms with Crippen LogP contribution in [-0.4, -0.2) is 84.7 Å². The van der Waals surface area contributed by atoms with Crippen LogP contribution in [0.5, 0.6) is 0 Å². The van der Waals surface area contributed by atoms with Gasteiger partial charge in [-0.05, 0) is 39.5 Å². The van der Waals surface area contributed by atoms with Crippen molar-refractivity contribution >= 4 is 0 Å². The Balaban J connectivity index is 1.45. The van der Waals surface area contributed by atoms with Crippen LogP contribution in [0, 0.1) is 0 Å². The third kappa shape index (κ3) is 4.65. The maximum Gasteiger partial charge on any atom is 0.0793 e. The maximum absolute atomic E-state index is 10.3. The van der Waals surface area contributed by atoms with Crippen LogP contribution >= 0.6 is 0 Å². The Hall–Kier alpha value is -0.200. The predicted molar refractivity (Wildman–Crippen MR) is 86.0 cm³/mol. The van der Waals surface area contributed by atoms with Crippen LogP contribution in [0.1, 0.15) is 39.5 Å². The monoisotopic (exact) mass is 312 g/mol. The molecule has 0 spiro atoms. The number of ether oxygens (including phenoxy) is 2. The third-order valence-electron chi connectivity index (χ3n) is 5.23. The molecule has 128 valence electrons. The number of hydrogen-bond donors (Lipinski definition) is 1. The summed E-state index contributed by atoms with van der Waals surface area (Å²) < 4.78 is 11.9. The number of nitrogens with zero attached hydrogens (tertiary/aromatic N) is 2. The third-order valence-corrected chi connectivity index (χ3v) is 5.23. The van der Waals surface area contributed by atoms with Gasteiger partial charge in [0.1, 0.15) is 0 Å². The van der Waals surface area contributed by atoms with Gasteiger partial charge in [0.15, 0.2) is 0 Å². The summed E-state index contributed by atoms with van der Waals surface area (Å²) in [5, 5.41) is 10.3. The minimum absolute atomic E-state index is 0.264. The van der Waals surface area contributed by atoms with Gasteiger partial charge in [0, 0.05) is 39.3 Å². The molecule has 0 aliphatic carbocycles. The lowest BCUT2D eigenvalue weighted by molar-refractivity contribution is 0.0223. The van der Waals surface area contributed by atoms with Crippen molar-refractivity contribution < 1.29 is 14.6 Å². The molecule has 5 heteroatoms. The first-order valence-electron chi connectivity index (χ1n) is 9.02. The Bertz CT molecular complexity index is 323. The van der Waals surface area contributed by atoms with Crippen LogP contribution in [-0.2, 0) is 9.47 Å². The van der Waals surface area contributed by atoms with Gasteiger partial charge < -0.3 is 14.6 Å². The molecule has 4 atom stereocenters. The summed E-state index contributed by atoms with van der Waals surface area (Å²) in [6, 6.07) is 0. The van der Waals surface area contributed by atoms with Crippen LogP contribution in [0.15, 0.2) is 0 Å². The highest BCUT2D eigenvalue weighted by atomic mass is 16.5. The normalized spacial score (nSPS) is 39.4. The molecule has 0 radical (unpaired) electrons. The van der Waals surface area contributed by atoms with Crippen LogP contribution in [0.25, 0.3) is 0 Å². The lowest BCUT2D eigenvalue weighted by atomic mass is 10.2. The first-order chi connectivity index (χ1) is 10.6. The van der Waals surface area contributed by atoms with Crippen molar-refractivity contribution in [1.82, 2.24) is 9.80 Å². The topological polar surface area (TPSA) is 45.2 Å². The molecule has 3 fully saturated rings. The minimum Gasteiger partial charge on any atom is -0.390 e. The van der Waals surface area contributed by atoms with E-state index in [1.165, 1.54) is 12.8 Å². The molecule has 3 aliphatic rings. The molecule has 0 aromatic rings. The Kier molecular flexibility index (Phi) is 5.74. The molecule has 0 aromatic heterocycles. The van der Waals surface area contributed by atoms with Crippen LogP contribution in [0.3, 0.4) is 0 Å². The summed E-state index contributed by atoms with van der Waals surface area (Å²) in [7, 11) is 0. The fourth-order valence-corrected chi connectivity index (χ4v) is 4.07. The lowest BCUT2D eigenvalue weighted by Crippen LogP contribution is -2.38. The van der Waals surface area contributed by atoms with E-state index in [1.807, 2.05) is 0 Å². The fraction of sp³-hybridized carbons (Fsp3) is 1.00. The average molecular weight is 312 g/mol. The van der Waals surface area contributed by atoms with Crippen molar-refractivity contribution in [3.05, 3.63) is 0 Å². The summed E-state index contributed by atoms with van der Waals surface area (Å²) in [6.07, 6.45) is 5.91. The number of rotatable bonds is 4. The van der Waals surface area contributed by atoms with E-state index in [4.69, 9.17) is 9.47 Å². The SMILES string of the molecule is C[C@@H]1CC[C@H](CN2CCN(C[C@H]3CC[C@@H](C)O3)CC(O)C2)O1. The second-order valence-electron chi connectivity index (χ2n) is 7.47. The maximum atomic E-state index is 10.3. The first kappa shape index (κ1) is 16.7. The van der Waals surface area contributed by atoms with Gasteiger partial charge in [0.25, 0.3) is 0 Å². The number of aliphatic hydroxyl groups is 1. The Labute approximate surface area is 134 Å². The molecule has 0 saturated carbocycles. The molecule has 0 aromatic carbocycles. The molecule has 3 rings (SSSR count). The van der Waals surface area contributed by atoms with E-state index in [0.717, 1.165) is 52.1 Å². The van der Waals surface area contributed by atoms with Crippen LogP contribution in [0.2, 0.25) is 0 Å². The van der Waals surface area contributed by atoms with E-state index in [0.29, 0.717) is 24.4 Å². The second-order valence-corrected chi connectivity index (χ2v) is 7.47. The van der Waals surface area contributed by atoms with Gasteiger partial charge in [-0.15, -0.1) is 0 Å². The predicted octanol–water partition coefficient (Wildman–Crippen LogP) is 1.10. The van der Waals surface area contributed by atoms with E-state index in [2.05, 4.69) is 23.6 Å². The lowest BCUT2D eigenvalue weighted by Gasteiger charge is -2.25. The highest BCUT2D eigenvalue weighted by Crippen LogP contribution is 2.22. The van der Waals surface area contributed by atoms with E-state index >= 15 is 0 Å². The molecular formula is C17H32N2O3. The van der Waals surface area contributed by atoms with Gasteiger partial charge in [-0.2, -0.15) is 0 Å². The highest BCUT2D eigenvalue weighted by Gasteiger charge is 2.29. The molecule has 0 bridgehead atoms. The second kappa shape index (κ2) is 7.58. The van der Waals surface area contributed by atoms with Crippen molar-refractivity contribution in [2.75, 3.05) is 39.3 Å². The van der Waals surface area contributed by atoms with Crippen molar-refractivity contribution in [2.45, 2.75) is 70.1 Å². The quantitative estimate of drug-likeness (QED) is 0.842. The van der Waals surface area contributed by atoms with Gasteiger partial charge in [-0.25, -0.2) is 0 Å². The Morgan fingerprint density at radius 1 is 0.818 bits per heavy atom. The Morgan fingerprint density at radius 3 is 1.64 bits per heavy atom. The first-order valence-corrected chi connectivity index (χ1v) is 9.02. The van der Waals surface area contributed by atoms with Crippen LogP contribution < -0.4 is 0 Å². The molecule has 0 amide bonds. The van der Waals surface area contributed by atoms with Gasteiger partial charge in [0.2, 0.25) is 0 Å². The van der Waals surface area contributed by atoms with Crippen molar-refractivity contribution in [1.29, 1.82) is 0 Å². The smallest absolute Gasteiger partial charge is 0.0793 e. The number of β-amino-alcohol motifs (C(OH)–C–C–N with tert-alkyl or cyclic N) is 1. The summed E-state index contributed by atoms with van der Waals surface area (Å²) in [5.74, 6) is 0. The minimum atomic E-state index is -0.264. The molecule has 0 unspecified atom stereocenters. The van der Waals surface area contributed by atoms with Crippen molar-refractivity contribution in [2.24, 2.45) is 0 Å². The van der Waals surface area contributed by atoms with Crippen molar-refractivity contribution in [3.63, 3.8) is 0 Å². The zero-order valence-electron chi connectivity index (χ0n) is 14.1. The fourth-order valence-electron chi connectivity index (χ4n) is 4.07. The number of hydrogen-bond acceptors (Lipinski definition) is 5. The van der Waals surface area contributed by atoms with Gasteiger partial charge >= 0.3 is 0 Å². The average Bonchev–Trinajstić information content (AvgIpc) is 2.99. The largest absolute Gasteiger partial charge is 0.390 e. The number of aliphatic hydroxyl groups excluding tert-OH is 1. The molecule has 3 saturated heterocycles. The standard InChI is InChI=1S/C17H32N2O3/c1-13-3-5-16(21-13)11-18-7-8-19(10-15(20)9-18)12-17-6-4-14(2)22-17/h13-17,20H,3-12H2,1-2H3/t13-,14-,16-,17-/m1/s1.